The summed E-state index contributed by atoms with van der Waals surface area (Å²) in [6.07, 6.45) is 1.40. The molecule has 23 heavy (non-hydrogen) atoms. The molecule has 2 aromatic rings. The molecule has 2 aromatic carbocycles. The Bertz CT molecular complexity index is 719. The van der Waals surface area contributed by atoms with Crippen molar-refractivity contribution in [2.24, 2.45) is 5.10 Å². The zero-order chi connectivity index (χ0) is 16.7. The first-order chi connectivity index (χ1) is 11.1. The predicted octanol–water partition coefficient (Wildman–Crippen LogP) is 2.58. The number of hydrogen-bond acceptors (Lipinski definition) is 5. The minimum absolute atomic E-state index is 0.00735. The molecule has 0 aliphatic heterocycles. The number of methoxy groups -OCH3 is 1. The van der Waals surface area contributed by atoms with Crippen molar-refractivity contribution in [2.75, 3.05) is 13.7 Å². The Morgan fingerprint density at radius 2 is 2.17 bits per heavy atom. The molecule has 0 bridgehead atoms. The minimum atomic E-state index is -0.418. The minimum Gasteiger partial charge on any atom is -0.504 e. The van der Waals surface area contributed by atoms with Crippen LogP contribution < -0.4 is 14.9 Å². The number of benzene rings is 2. The molecular weight excluding hydrogens is 320 g/mol. The van der Waals surface area contributed by atoms with E-state index in [0.29, 0.717) is 22.1 Å². The lowest BCUT2D eigenvalue weighted by molar-refractivity contribution is -0.123. The van der Waals surface area contributed by atoms with Crippen LogP contribution in [0.4, 0.5) is 0 Å². The topological polar surface area (TPSA) is 80.2 Å². The number of rotatable bonds is 6. The van der Waals surface area contributed by atoms with Gasteiger partial charge >= 0.3 is 0 Å². The Balaban J connectivity index is 1.83. The highest BCUT2D eigenvalue weighted by atomic mass is 35.5. The van der Waals surface area contributed by atoms with E-state index in [0.717, 1.165) is 0 Å². The SMILES string of the molecule is COc1ccc(/C=N/NC(=O)COc2cccc(Cl)c2)cc1O. The summed E-state index contributed by atoms with van der Waals surface area (Å²) in [6.45, 7) is -0.189. The van der Waals surface area contributed by atoms with Gasteiger partial charge in [0.25, 0.3) is 5.91 Å². The molecule has 0 radical (unpaired) electrons. The summed E-state index contributed by atoms with van der Waals surface area (Å²) >= 11 is 5.81. The van der Waals surface area contributed by atoms with E-state index in [1.165, 1.54) is 19.4 Å². The molecule has 2 rings (SSSR count). The summed E-state index contributed by atoms with van der Waals surface area (Å²) in [6, 6.07) is 11.5. The van der Waals surface area contributed by atoms with E-state index >= 15 is 0 Å². The number of halogens is 1. The molecule has 0 saturated heterocycles. The van der Waals surface area contributed by atoms with Gasteiger partial charge in [-0.25, -0.2) is 5.43 Å². The third kappa shape index (κ3) is 5.19. The average Bonchev–Trinajstić information content (AvgIpc) is 2.53. The Morgan fingerprint density at radius 3 is 2.87 bits per heavy atom. The van der Waals surface area contributed by atoms with Crippen LogP contribution in [0.3, 0.4) is 0 Å². The summed E-state index contributed by atoms with van der Waals surface area (Å²) in [5, 5.41) is 13.9. The number of amides is 1. The number of hydrogen-bond donors (Lipinski definition) is 2. The molecule has 0 aromatic heterocycles. The monoisotopic (exact) mass is 334 g/mol. The fourth-order valence-electron chi connectivity index (χ4n) is 1.70. The number of aromatic hydroxyl groups is 1. The molecule has 120 valence electrons. The molecule has 0 heterocycles. The molecule has 0 aliphatic carbocycles. The second kappa shape index (κ2) is 8.05. The maximum atomic E-state index is 11.6. The number of nitrogens with zero attached hydrogens (tertiary/aromatic N) is 1. The predicted molar refractivity (Wildman–Crippen MR) is 87.3 cm³/mol. The van der Waals surface area contributed by atoms with Gasteiger partial charge in [-0.15, -0.1) is 0 Å². The van der Waals surface area contributed by atoms with Crippen molar-refractivity contribution in [3.8, 4) is 17.2 Å². The van der Waals surface area contributed by atoms with E-state index in [-0.39, 0.29) is 12.4 Å². The second-order valence-electron chi connectivity index (χ2n) is 4.47. The summed E-state index contributed by atoms with van der Waals surface area (Å²) < 4.78 is 10.2. The van der Waals surface area contributed by atoms with Gasteiger partial charge in [-0.05, 0) is 42.0 Å². The lowest BCUT2D eigenvalue weighted by Crippen LogP contribution is -2.24. The first-order valence-corrected chi connectivity index (χ1v) is 7.03. The molecule has 2 N–H and O–H groups in total. The van der Waals surface area contributed by atoms with Crippen LogP contribution >= 0.6 is 11.6 Å². The molecule has 7 heteroatoms. The lowest BCUT2D eigenvalue weighted by Gasteiger charge is -2.05. The lowest BCUT2D eigenvalue weighted by atomic mass is 10.2. The summed E-state index contributed by atoms with van der Waals surface area (Å²) in [5.41, 5.74) is 2.93. The molecule has 0 saturated carbocycles. The van der Waals surface area contributed by atoms with Crippen LogP contribution in [0.1, 0.15) is 5.56 Å². The zero-order valence-corrected chi connectivity index (χ0v) is 13.1. The van der Waals surface area contributed by atoms with Gasteiger partial charge in [0.15, 0.2) is 18.1 Å². The third-order valence-electron chi connectivity index (χ3n) is 2.77. The van der Waals surface area contributed by atoms with Gasteiger partial charge in [0, 0.05) is 5.02 Å². The second-order valence-corrected chi connectivity index (χ2v) is 4.91. The van der Waals surface area contributed by atoms with Crippen LogP contribution in [0.5, 0.6) is 17.2 Å². The van der Waals surface area contributed by atoms with Crippen LogP contribution in [0, 0.1) is 0 Å². The number of carbonyl (C=O) groups excluding carboxylic acids is 1. The Kier molecular flexibility index (Phi) is 5.82. The third-order valence-corrected chi connectivity index (χ3v) is 3.01. The fraction of sp³-hybridized carbons (Fsp3) is 0.125. The summed E-state index contributed by atoms with van der Waals surface area (Å²) in [5.74, 6) is 0.434. The van der Waals surface area contributed by atoms with Crippen LogP contribution in [-0.4, -0.2) is 30.9 Å². The van der Waals surface area contributed by atoms with Crippen molar-refractivity contribution in [1.82, 2.24) is 5.43 Å². The molecule has 0 fully saturated rings. The first-order valence-electron chi connectivity index (χ1n) is 6.66. The maximum Gasteiger partial charge on any atom is 0.277 e. The molecule has 0 atom stereocenters. The van der Waals surface area contributed by atoms with Crippen molar-refractivity contribution < 1.29 is 19.4 Å². The van der Waals surface area contributed by atoms with Gasteiger partial charge in [0.05, 0.1) is 13.3 Å². The van der Waals surface area contributed by atoms with Crippen molar-refractivity contribution in [3.63, 3.8) is 0 Å². The van der Waals surface area contributed by atoms with Crippen molar-refractivity contribution in [3.05, 3.63) is 53.1 Å². The Hall–Kier alpha value is -2.73. The molecular formula is C16H15ClN2O4. The number of phenolic OH excluding ortho intramolecular Hbond substituents is 1. The quantitative estimate of drug-likeness (QED) is 0.628. The normalized spacial score (nSPS) is 10.5. The summed E-state index contributed by atoms with van der Waals surface area (Å²) in [7, 11) is 1.46. The molecule has 1 amide bonds. The number of ether oxygens (including phenoxy) is 2. The molecule has 0 unspecified atom stereocenters. The standard InChI is InChI=1S/C16H15ClN2O4/c1-22-15-6-5-11(7-14(15)20)9-18-19-16(21)10-23-13-4-2-3-12(17)8-13/h2-9,20H,10H2,1H3,(H,19,21)/b18-9+. The molecule has 0 aliphatic rings. The molecule has 0 spiro atoms. The Morgan fingerprint density at radius 1 is 1.35 bits per heavy atom. The van der Waals surface area contributed by atoms with Gasteiger partial charge < -0.3 is 14.6 Å². The number of hydrazone groups is 1. The highest BCUT2D eigenvalue weighted by Gasteiger charge is 2.03. The van der Waals surface area contributed by atoms with Crippen molar-refractivity contribution in [2.45, 2.75) is 0 Å². The van der Waals surface area contributed by atoms with Crippen molar-refractivity contribution >= 4 is 23.7 Å². The smallest absolute Gasteiger partial charge is 0.277 e. The fourth-order valence-corrected chi connectivity index (χ4v) is 1.88. The van der Waals surface area contributed by atoms with E-state index in [9.17, 15) is 9.90 Å². The first kappa shape index (κ1) is 16.6. The van der Waals surface area contributed by atoms with E-state index in [4.69, 9.17) is 21.1 Å². The van der Waals surface area contributed by atoms with E-state index < -0.39 is 5.91 Å². The average molecular weight is 335 g/mol. The van der Waals surface area contributed by atoms with Crippen LogP contribution in [0.2, 0.25) is 5.02 Å². The van der Waals surface area contributed by atoms with Crippen LogP contribution in [-0.2, 0) is 4.79 Å². The van der Waals surface area contributed by atoms with E-state index in [2.05, 4.69) is 10.5 Å². The number of carbonyl (C=O) groups is 1. The van der Waals surface area contributed by atoms with Gasteiger partial charge in [0.2, 0.25) is 0 Å². The van der Waals surface area contributed by atoms with E-state index in [1.54, 1.807) is 36.4 Å². The number of phenols is 1. The van der Waals surface area contributed by atoms with Crippen molar-refractivity contribution in [1.29, 1.82) is 0 Å². The van der Waals surface area contributed by atoms with Crippen LogP contribution in [0.25, 0.3) is 0 Å². The zero-order valence-electron chi connectivity index (χ0n) is 12.3. The maximum absolute atomic E-state index is 11.6. The summed E-state index contributed by atoms with van der Waals surface area (Å²) in [4.78, 5) is 11.6. The van der Waals surface area contributed by atoms with Gasteiger partial charge in [-0.3, -0.25) is 4.79 Å². The van der Waals surface area contributed by atoms with Crippen LogP contribution in [0.15, 0.2) is 47.6 Å². The van der Waals surface area contributed by atoms with Gasteiger partial charge in [0.1, 0.15) is 5.75 Å². The number of nitrogens with one attached hydrogen (secondary N) is 1. The van der Waals surface area contributed by atoms with Gasteiger partial charge in [-0.2, -0.15) is 5.10 Å². The highest BCUT2D eigenvalue weighted by Crippen LogP contribution is 2.25. The molecule has 6 nitrogen and oxygen atoms in total. The highest BCUT2D eigenvalue weighted by molar-refractivity contribution is 6.30. The van der Waals surface area contributed by atoms with E-state index in [1.807, 2.05) is 0 Å². The largest absolute Gasteiger partial charge is 0.504 e. The van der Waals surface area contributed by atoms with Gasteiger partial charge in [-0.1, -0.05) is 17.7 Å². The Labute approximate surface area is 138 Å².